The van der Waals surface area contributed by atoms with Gasteiger partial charge in [-0.3, -0.25) is 9.59 Å². The largest absolute Gasteiger partial charge is 0.497 e. The van der Waals surface area contributed by atoms with Crippen molar-refractivity contribution in [2.45, 2.75) is 24.2 Å². The number of likely N-dealkylation sites (tertiary alicyclic amines) is 1. The molecule has 10 nitrogen and oxygen atoms in total. The summed E-state index contributed by atoms with van der Waals surface area (Å²) in [5, 5.41) is 0. The van der Waals surface area contributed by atoms with E-state index >= 15 is 0 Å². The van der Waals surface area contributed by atoms with Crippen LogP contribution >= 0.6 is 0 Å². The van der Waals surface area contributed by atoms with E-state index in [-0.39, 0.29) is 25.4 Å². The molecule has 0 N–H and O–H groups in total. The monoisotopic (exact) mass is 578 g/mol. The predicted octanol–water partition coefficient (Wildman–Crippen LogP) is 4.64. The standard InChI is InChI=1S/C33H26N2O8/c1-38-21-13-11-20(12-14-21)34-28(23-8-5-9-25-30(23)42-18-40-25)29(32(34)36)35-27(19-10-15-24-26(16-19)41-17-39-24)31(33(35)37)43-22-6-3-2-4-7-22/h2-16,27-29,31H,17-18H2,1H3/t27-,28?,29?,31+/m1/s1. The lowest BCUT2D eigenvalue weighted by atomic mass is 9.79. The second-order valence-electron chi connectivity index (χ2n) is 10.5. The van der Waals surface area contributed by atoms with Gasteiger partial charge in [0.05, 0.1) is 13.2 Å². The minimum absolute atomic E-state index is 0.0790. The van der Waals surface area contributed by atoms with Crippen molar-refractivity contribution in [2.24, 2.45) is 0 Å². The number of carbonyl (C=O) groups is 2. The van der Waals surface area contributed by atoms with Crippen molar-refractivity contribution >= 4 is 17.5 Å². The number of carbonyl (C=O) groups excluding carboxylic acids is 2. The number of methoxy groups -OCH3 is 1. The molecule has 4 heterocycles. The van der Waals surface area contributed by atoms with Gasteiger partial charge in [-0.05, 0) is 60.2 Å². The topological polar surface area (TPSA) is 96.0 Å². The fraction of sp³-hybridized carbons (Fsp3) is 0.212. The molecule has 0 aliphatic carbocycles. The van der Waals surface area contributed by atoms with Gasteiger partial charge < -0.3 is 38.2 Å². The molecule has 43 heavy (non-hydrogen) atoms. The van der Waals surface area contributed by atoms with E-state index in [1.54, 1.807) is 41.2 Å². The molecule has 0 bridgehead atoms. The molecular formula is C33H26N2O8. The molecule has 4 aliphatic rings. The normalized spacial score (nSPS) is 23.1. The number of ether oxygens (including phenoxy) is 6. The average Bonchev–Trinajstić information content (AvgIpc) is 3.73. The Morgan fingerprint density at radius 1 is 0.674 bits per heavy atom. The van der Waals surface area contributed by atoms with Gasteiger partial charge >= 0.3 is 0 Å². The summed E-state index contributed by atoms with van der Waals surface area (Å²) in [6.45, 7) is 0.201. The predicted molar refractivity (Wildman–Crippen MR) is 153 cm³/mol. The molecule has 2 amide bonds. The number of nitrogens with zero attached hydrogens (tertiary/aromatic N) is 2. The first-order chi connectivity index (χ1) is 21.1. The Bertz CT molecular complexity index is 1730. The van der Waals surface area contributed by atoms with Crippen LogP contribution < -0.4 is 33.3 Å². The molecule has 4 atom stereocenters. The van der Waals surface area contributed by atoms with E-state index in [4.69, 9.17) is 28.4 Å². The Hall–Kier alpha value is -5.38. The molecule has 10 heteroatoms. The van der Waals surface area contributed by atoms with Crippen molar-refractivity contribution in [3.05, 3.63) is 102 Å². The third-order valence-corrected chi connectivity index (χ3v) is 8.29. The summed E-state index contributed by atoms with van der Waals surface area (Å²) in [4.78, 5) is 31.5. The summed E-state index contributed by atoms with van der Waals surface area (Å²) in [7, 11) is 1.59. The number of hydrogen-bond donors (Lipinski definition) is 0. The van der Waals surface area contributed by atoms with Crippen molar-refractivity contribution in [1.82, 2.24) is 4.90 Å². The molecule has 0 aromatic heterocycles. The van der Waals surface area contributed by atoms with Crippen LogP contribution in [0.2, 0.25) is 0 Å². The van der Waals surface area contributed by atoms with E-state index < -0.39 is 24.2 Å². The summed E-state index contributed by atoms with van der Waals surface area (Å²) >= 11 is 0. The van der Waals surface area contributed by atoms with Gasteiger partial charge in [0, 0.05) is 11.3 Å². The summed E-state index contributed by atoms with van der Waals surface area (Å²) in [6.07, 6.45) is -0.840. The fourth-order valence-electron chi connectivity index (χ4n) is 6.26. The molecule has 8 rings (SSSR count). The number of β-lactam (4-membered cyclic amide) rings is 2. The second kappa shape index (κ2) is 9.87. The zero-order valence-corrected chi connectivity index (χ0v) is 23.0. The highest BCUT2D eigenvalue weighted by Crippen LogP contribution is 2.53. The first kappa shape index (κ1) is 25.3. The van der Waals surface area contributed by atoms with Crippen molar-refractivity contribution in [1.29, 1.82) is 0 Å². The lowest BCUT2D eigenvalue weighted by Crippen LogP contribution is -2.75. The minimum Gasteiger partial charge on any atom is -0.497 e. The van der Waals surface area contributed by atoms with Crippen molar-refractivity contribution in [3.8, 4) is 34.5 Å². The van der Waals surface area contributed by atoms with E-state index in [9.17, 15) is 9.59 Å². The van der Waals surface area contributed by atoms with Crippen LogP contribution in [0, 0.1) is 0 Å². The third kappa shape index (κ3) is 3.93. The summed E-state index contributed by atoms with van der Waals surface area (Å²) in [6, 6.07) is 25.7. The lowest BCUT2D eigenvalue weighted by Gasteiger charge is -2.58. The molecule has 0 spiro atoms. The molecule has 2 fully saturated rings. The second-order valence-corrected chi connectivity index (χ2v) is 10.5. The van der Waals surface area contributed by atoms with E-state index in [1.807, 2.05) is 66.7 Å². The van der Waals surface area contributed by atoms with Gasteiger partial charge in [-0.2, -0.15) is 0 Å². The van der Waals surface area contributed by atoms with Gasteiger partial charge in [0.15, 0.2) is 23.0 Å². The maximum Gasteiger partial charge on any atom is 0.267 e. The number of benzene rings is 4. The molecule has 4 aliphatic heterocycles. The van der Waals surface area contributed by atoms with Gasteiger partial charge in [-0.15, -0.1) is 0 Å². The highest BCUT2D eigenvalue weighted by Gasteiger charge is 2.63. The molecule has 4 aromatic rings. The smallest absolute Gasteiger partial charge is 0.267 e. The van der Waals surface area contributed by atoms with E-state index in [2.05, 4.69) is 0 Å². The van der Waals surface area contributed by atoms with Crippen molar-refractivity contribution in [3.63, 3.8) is 0 Å². The van der Waals surface area contributed by atoms with Gasteiger partial charge in [0.1, 0.15) is 23.6 Å². The van der Waals surface area contributed by atoms with Crippen LogP contribution in [0.1, 0.15) is 23.2 Å². The summed E-state index contributed by atoms with van der Waals surface area (Å²) in [5.74, 6) is 3.10. The fourth-order valence-corrected chi connectivity index (χ4v) is 6.26. The SMILES string of the molecule is COc1ccc(N2C(=O)C(N3C(=O)[C@@H](Oc4ccccc4)[C@H]3c3ccc4c(c3)OCO4)C2c2cccc3c2OCO3)cc1. The Balaban J connectivity index is 1.21. The number of rotatable bonds is 7. The van der Waals surface area contributed by atoms with Gasteiger partial charge in [0.25, 0.3) is 11.8 Å². The van der Waals surface area contributed by atoms with Crippen LogP contribution in [0.25, 0.3) is 0 Å². The number of para-hydroxylation sites is 2. The zero-order valence-electron chi connectivity index (χ0n) is 23.0. The average molecular weight is 579 g/mol. The molecule has 4 aromatic carbocycles. The number of amides is 2. The van der Waals surface area contributed by atoms with Crippen LogP contribution in [0.4, 0.5) is 5.69 Å². The Morgan fingerprint density at radius 2 is 1.44 bits per heavy atom. The summed E-state index contributed by atoms with van der Waals surface area (Å²) in [5.41, 5.74) is 2.20. The zero-order chi connectivity index (χ0) is 29.1. The van der Waals surface area contributed by atoms with Crippen LogP contribution in [0.3, 0.4) is 0 Å². The number of fused-ring (bicyclic) bond motifs is 2. The van der Waals surface area contributed by atoms with Crippen LogP contribution in [-0.4, -0.2) is 49.6 Å². The van der Waals surface area contributed by atoms with Gasteiger partial charge in [-0.25, -0.2) is 0 Å². The molecule has 0 radical (unpaired) electrons. The molecule has 216 valence electrons. The Labute approximate surface area is 246 Å². The number of hydrogen-bond acceptors (Lipinski definition) is 8. The van der Waals surface area contributed by atoms with E-state index in [1.165, 1.54) is 0 Å². The van der Waals surface area contributed by atoms with Gasteiger partial charge in [-0.1, -0.05) is 36.4 Å². The van der Waals surface area contributed by atoms with Crippen molar-refractivity contribution in [2.75, 3.05) is 25.6 Å². The number of anilines is 1. The Kier molecular flexibility index (Phi) is 5.81. The first-order valence-corrected chi connectivity index (χ1v) is 13.9. The van der Waals surface area contributed by atoms with E-state index in [0.717, 1.165) is 11.1 Å². The summed E-state index contributed by atoms with van der Waals surface area (Å²) < 4.78 is 34.3. The lowest BCUT2D eigenvalue weighted by molar-refractivity contribution is -0.177. The Morgan fingerprint density at radius 3 is 2.26 bits per heavy atom. The quantitative estimate of drug-likeness (QED) is 0.293. The first-order valence-electron chi connectivity index (χ1n) is 13.9. The third-order valence-electron chi connectivity index (χ3n) is 8.29. The molecular weight excluding hydrogens is 552 g/mol. The van der Waals surface area contributed by atoms with E-state index in [0.29, 0.717) is 40.2 Å². The minimum atomic E-state index is -0.840. The maximum atomic E-state index is 14.2. The highest BCUT2D eigenvalue weighted by molar-refractivity contribution is 6.09. The maximum absolute atomic E-state index is 14.2. The molecule has 0 saturated carbocycles. The van der Waals surface area contributed by atoms with Crippen LogP contribution in [0.15, 0.2) is 91.0 Å². The van der Waals surface area contributed by atoms with Crippen LogP contribution in [0.5, 0.6) is 34.5 Å². The molecule has 2 unspecified atom stereocenters. The van der Waals surface area contributed by atoms with Gasteiger partial charge in [0.2, 0.25) is 19.7 Å². The van der Waals surface area contributed by atoms with Crippen molar-refractivity contribution < 1.29 is 38.0 Å². The highest BCUT2D eigenvalue weighted by atomic mass is 16.7. The van der Waals surface area contributed by atoms with Crippen LogP contribution in [-0.2, 0) is 9.59 Å². The molecule has 2 saturated heterocycles.